The molecule has 1 aromatic rings. The van der Waals surface area contributed by atoms with Crippen LogP contribution in [0.15, 0.2) is 30.9 Å². The van der Waals surface area contributed by atoms with Gasteiger partial charge in [0.25, 0.3) is 5.69 Å². The van der Waals surface area contributed by atoms with Gasteiger partial charge in [0.15, 0.2) is 0 Å². The average molecular weight is 249 g/mol. The number of nitrogens with one attached hydrogen (secondary N) is 2. The van der Waals surface area contributed by atoms with Crippen molar-refractivity contribution in [1.82, 2.24) is 5.32 Å². The SMILES string of the molecule is C=CCNCC(=O)Nc1cc(C)ccc1[N+](=O)[O-]. The third-order valence-electron chi connectivity index (χ3n) is 2.20. The standard InChI is InChI=1S/C12H15N3O3/c1-3-6-13-8-12(16)14-10-7-9(2)4-5-11(10)15(17)18/h3-5,7,13H,1,6,8H2,2H3,(H,14,16). The zero-order valence-electron chi connectivity index (χ0n) is 10.1. The van der Waals surface area contributed by atoms with Crippen LogP contribution in [0.3, 0.4) is 0 Å². The number of carbonyl (C=O) groups is 1. The molecule has 1 aromatic carbocycles. The number of amides is 1. The van der Waals surface area contributed by atoms with Gasteiger partial charge in [0.2, 0.25) is 5.91 Å². The van der Waals surface area contributed by atoms with E-state index in [9.17, 15) is 14.9 Å². The number of hydrogen-bond donors (Lipinski definition) is 2. The maximum absolute atomic E-state index is 11.5. The summed E-state index contributed by atoms with van der Waals surface area (Å²) in [6.07, 6.45) is 1.63. The smallest absolute Gasteiger partial charge is 0.292 e. The first kappa shape index (κ1) is 13.9. The van der Waals surface area contributed by atoms with Crippen LogP contribution >= 0.6 is 0 Å². The van der Waals surface area contributed by atoms with Crippen LogP contribution < -0.4 is 10.6 Å². The minimum Gasteiger partial charge on any atom is -0.319 e. The lowest BCUT2D eigenvalue weighted by Gasteiger charge is -2.07. The van der Waals surface area contributed by atoms with Crippen LogP contribution in [-0.4, -0.2) is 23.9 Å². The highest BCUT2D eigenvalue weighted by Crippen LogP contribution is 2.24. The third-order valence-corrected chi connectivity index (χ3v) is 2.20. The molecule has 6 heteroatoms. The fourth-order valence-electron chi connectivity index (χ4n) is 1.39. The molecule has 1 amide bonds. The first-order chi connectivity index (χ1) is 8.54. The number of benzene rings is 1. The number of nitro benzene ring substituents is 1. The molecule has 0 atom stereocenters. The van der Waals surface area contributed by atoms with Gasteiger partial charge >= 0.3 is 0 Å². The molecule has 6 nitrogen and oxygen atoms in total. The number of anilines is 1. The third kappa shape index (κ3) is 3.99. The second kappa shape index (κ2) is 6.51. The number of nitrogens with zero attached hydrogens (tertiary/aromatic N) is 1. The second-order valence-electron chi connectivity index (χ2n) is 3.75. The highest BCUT2D eigenvalue weighted by molar-refractivity contribution is 5.94. The van der Waals surface area contributed by atoms with E-state index in [-0.39, 0.29) is 23.8 Å². The molecule has 0 spiro atoms. The number of nitro groups is 1. The molecule has 0 unspecified atom stereocenters. The quantitative estimate of drug-likeness (QED) is 0.347. The minimum absolute atomic E-state index is 0.0805. The van der Waals surface area contributed by atoms with Gasteiger partial charge in [0.05, 0.1) is 11.5 Å². The number of rotatable bonds is 6. The maximum Gasteiger partial charge on any atom is 0.292 e. The molecule has 0 saturated heterocycles. The number of carbonyl (C=O) groups excluding carboxylic acids is 1. The van der Waals surface area contributed by atoms with Crippen molar-refractivity contribution in [3.63, 3.8) is 0 Å². The highest BCUT2D eigenvalue weighted by Gasteiger charge is 2.15. The van der Waals surface area contributed by atoms with Gasteiger partial charge in [0, 0.05) is 12.6 Å². The average Bonchev–Trinajstić information content (AvgIpc) is 2.29. The zero-order chi connectivity index (χ0) is 13.5. The minimum atomic E-state index is -0.522. The Morgan fingerprint density at radius 1 is 1.56 bits per heavy atom. The maximum atomic E-state index is 11.5. The molecule has 0 aliphatic heterocycles. The first-order valence-corrected chi connectivity index (χ1v) is 5.41. The highest BCUT2D eigenvalue weighted by atomic mass is 16.6. The molecule has 96 valence electrons. The van der Waals surface area contributed by atoms with Crippen molar-refractivity contribution < 1.29 is 9.72 Å². The Morgan fingerprint density at radius 3 is 2.89 bits per heavy atom. The number of hydrogen-bond acceptors (Lipinski definition) is 4. The molecule has 0 fully saturated rings. The van der Waals surface area contributed by atoms with E-state index in [4.69, 9.17) is 0 Å². The lowest BCUT2D eigenvalue weighted by Crippen LogP contribution is -2.28. The molecule has 0 aliphatic carbocycles. The lowest BCUT2D eigenvalue weighted by atomic mass is 10.2. The lowest BCUT2D eigenvalue weighted by molar-refractivity contribution is -0.383. The van der Waals surface area contributed by atoms with Gasteiger partial charge in [-0.1, -0.05) is 12.1 Å². The van der Waals surface area contributed by atoms with Crippen LogP contribution in [0.25, 0.3) is 0 Å². The van der Waals surface area contributed by atoms with E-state index in [0.29, 0.717) is 6.54 Å². The van der Waals surface area contributed by atoms with Crippen LogP contribution in [0.1, 0.15) is 5.56 Å². The molecule has 0 bridgehead atoms. The molecule has 0 radical (unpaired) electrons. The predicted molar refractivity (Wildman–Crippen MR) is 69.5 cm³/mol. The molecule has 0 aromatic heterocycles. The number of aryl methyl sites for hydroxylation is 1. The Morgan fingerprint density at radius 2 is 2.28 bits per heavy atom. The van der Waals surface area contributed by atoms with E-state index >= 15 is 0 Å². The molecule has 18 heavy (non-hydrogen) atoms. The van der Waals surface area contributed by atoms with Gasteiger partial charge in [0.1, 0.15) is 5.69 Å². The zero-order valence-corrected chi connectivity index (χ0v) is 10.1. The van der Waals surface area contributed by atoms with Crippen molar-refractivity contribution in [2.75, 3.05) is 18.4 Å². The summed E-state index contributed by atoms with van der Waals surface area (Å²) >= 11 is 0. The van der Waals surface area contributed by atoms with Crippen molar-refractivity contribution in [1.29, 1.82) is 0 Å². The van der Waals surface area contributed by atoms with Crippen LogP contribution in [0.5, 0.6) is 0 Å². The van der Waals surface area contributed by atoms with Gasteiger partial charge in [-0.3, -0.25) is 14.9 Å². The first-order valence-electron chi connectivity index (χ1n) is 5.41. The molecule has 2 N–H and O–H groups in total. The molecule has 0 heterocycles. The Balaban J connectivity index is 2.76. The summed E-state index contributed by atoms with van der Waals surface area (Å²) in [6, 6.07) is 4.58. The van der Waals surface area contributed by atoms with Gasteiger partial charge in [-0.25, -0.2) is 0 Å². The summed E-state index contributed by atoms with van der Waals surface area (Å²) in [5, 5.41) is 16.1. The van der Waals surface area contributed by atoms with Gasteiger partial charge in [-0.15, -0.1) is 6.58 Å². The van der Waals surface area contributed by atoms with Crippen LogP contribution in [-0.2, 0) is 4.79 Å². The van der Waals surface area contributed by atoms with Gasteiger partial charge < -0.3 is 10.6 Å². The Hall–Kier alpha value is -2.21. The molecule has 0 aliphatic rings. The van der Waals surface area contributed by atoms with Crippen molar-refractivity contribution >= 4 is 17.3 Å². The van der Waals surface area contributed by atoms with Crippen LogP contribution in [0, 0.1) is 17.0 Å². The van der Waals surface area contributed by atoms with E-state index < -0.39 is 4.92 Å². The molecule has 0 saturated carbocycles. The topological polar surface area (TPSA) is 84.3 Å². The predicted octanol–water partition coefficient (Wildman–Crippen LogP) is 1.62. The van der Waals surface area contributed by atoms with E-state index in [0.717, 1.165) is 5.56 Å². The van der Waals surface area contributed by atoms with Crippen molar-refractivity contribution in [2.24, 2.45) is 0 Å². The van der Waals surface area contributed by atoms with Gasteiger partial charge in [-0.05, 0) is 18.6 Å². The van der Waals surface area contributed by atoms with E-state index in [1.807, 2.05) is 0 Å². The fourth-order valence-corrected chi connectivity index (χ4v) is 1.39. The normalized spacial score (nSPS) is 9.83. The molecule has 1 rings (SSSR count). The Labute approximate surface area is 105 Å². The summed E-state index contributed by atoms with van der Waals surface area (Å²) in [7, 11) is 0. The van der Waals surface area contributed by atoms with Crippen molar-refractivity contribution in [3.05, 3.63) is 46.5 Å². The largest absolute Gasteiger partial charge is 0.319 e. The summed E-state index contributed by atoms with van der Waals surface area (Å²) in [4.78, 5) is 21.8. The van der Waals surface area contributed by atoms with Crippen LogP contribution in [0.4, 0.5) is 11.4 Å². The van der Waals surface area contributed by atoms with E-state index in [1.54, 1.807) is 25.1 Å². The van der Waals surface area contributed by atoms with Crippen molar-refractivity contribution in [3.8, 4) is 0 Å². The fraction of sp³-hybridized carbons (Fsp3) is 0.250. The van der Waals surface area contributed by atoms with E-state index in [1.165, 1.54) is 6.07 Å². The summed E-state index contributed by atoms with van der Waals surface area (Å²) < 4.78 is 0. The van der Waals surface area contributed by atoms with Crippen molar-refractivity contribution in [2.45, 2.75) is 6.92 Å². The van der Waals surface area contributed by atoms with E-state index in [2.05, 4.69) is 17.2 Å². The molecular formula is C12H15N3O3. The monoisotopic (exact) mass is 249 g/mol. The summed E-state index contributed by atoms with van der Waals surface area (Å²) in [5.41, 5.74) is 0.943. The Bertz CT molecular complexity index is 472. The second-order valence-corrected chi connectivity index (χ2v) is 3.75. The van der Waals surface area contributed by atoms with Gasteiger partial charge in [-0.2, -0.15) is 0 Å². The van der Waals surface area contributed by atoms with Crippen LogP contribution in [0.2, 0.25) is 0 Å². The summed E-state index contributed by atoms with van der Waals surface area (Å²) in [6.45, 7) is 5.89. The summed E-state index contributed by atoms with van der Waals surface area (Å²) in [5.74, 6) is -0.328. The Kier molecular flexibility index (Phi) is 5.01. The molecular weight excluding hydrogens is 234 g/mol.